The van der Waals surface area contributed by atoms with Crippen LogP contribution in [0.2, 0.25) is 0 Å². The molecular weight excluding hydrogens is 320 g/mol. The Morgan fingerprint density at radius 2 is 2.10 bits per heavy atom. The maximum atomic E-state index is 12.0. The van der Waals surface area contributed by atoms with E-state index >= 15 is 0 Å². The average Bonchev–Trinajstić information content (AvgIpc) is 2.44. The summed E-state index contributed by atoms with van der Waals surface area (Å²) >= 11 is 3.37. The lowest BCUT2D eigenvalue weighted by atomic mass is 9.94. The Morgan fingerprint density at radius 3 is 2.65 bits per heavy atom. The molecule has 0 aliphatic carbocycles. The van der Waals surface area contributed by atoms with E-state index in [0.29, 0.717) is 12.3 Å². The Kier molecular flexibility index (Phi) is 6.49. The monoisotopic (exact) mass is 342 g/mol. The highest BCUT2D eigenvalue weighted by atomic mass is 79.9. The number of halogens is 1. The summed E-state index contributed by atoms with van der Waals surface area (Å²) in [5.74, 6) is 0.508. The molecule has 1 amide bonds. The number of rotatable bonds is 7. The van der Waals surface area contributed by atoms with E-state index in [1.807, 2.05) is 38.1 Å². The molecule has 3 N–H and O–H groups in total. The molecule has 0 aliphatic heterocycles. The van der Waals surface area contributed by atoms with Crippen molar-refractivity contribution in [3.63, 3.8) is 0 Å². The van der Waals surface area contributed by atoms with Gasteiger partial charge < -0.3 is 15.8 Å². The molecule has 0 saturated carbocycles. The first kappa shape index (κ1) is 17.0. The van der Waals surface area contributed by atoms with Gasteiger partial charge in [-0.05, 0) is 38.0 Å². The Labute approximate surface area is 129 Å². The van der Waals surface area contributed by atoms with Crippen LogP contribution in [0.15, 0.2) is 28.7 Å². The Balaban J connectivity index is 2.51. The molecule has 0 heterocycles. The maximum absolute atomic E-state index is 12.0. The smallest absolute Gasteiger partial charge is 0.260 e. The van der Waals surface area contributed by atoms with Crippen LogP contribution in [0, 0.1) is 0 Å². The van der Waals surface area contributed by atoms with E-state index in [2.05, 4.69) is 21.2 Å². The van der Waals surface area contributed by atoms with Crippen LogP contribution in [0.4, 0.5) is 0 Å². The molecule has 1 aromatic rings. The minimum Gasteiger partial charge on any atom is -0.481 e. The predicted octanol–water partition coefficient (Wildman–Crippen LogP) is 2.85. The number of carbonyl (C=O) groups excluding carboxylic acids is 1. The minimum absolute atomic E-state index is 0.151. The van der Waals surface area contributed by atoms with Gasteiger partial charge in [-0.2, -0.15) is 0 Å². The van der Waals surface area contributed by atoms with E-state index in [4.69, 9.17) is 10.5 Å². The molecular formula is C15H23BrN2O2. The van der Waals surface area contributed by atoms with Crippen LogP contribution in [0.1, 0.15) is 33.6 Å². The molecule has 1 atom stereocenters. The molecule has 0 saturated heterocycles. The van der Waals surface area contributed by atoms with Crippen LogP contribution < -0.4 is 15.8 Å². The molecule has 5 heteroatoms. The van der Waals surface area contributed by atoms with Crippen molar-refractivity contribution in [1.82, 2.24) is 5.32 Å². The van der Waals surface area contributed by atoms with Gasteiger partial charge in [0, 0.05) is 16.6 Å². The SMILES string of the molecule is CCC(N)(CC)CNC(=O)C(C)Oc1cccc(Br)c1. The summed E-state index contributed by atoms with van der Waals surface area (Å²) in [6.07, 6.45) is 1.09. The van der Waals surface area contributed by atoms with E-state index in [1.165, 1.54) is 0 Å². The predicted molar refractivity (Wildman–Crippen MR) is 84.7 cm³/mol. The highest BCUT2D eigenvalue weighted by Gasteiger charge is 2.23. The number of amides is 1. The molecule has 0 fully saturated rings. The Morgan fingerprint density at radius 1 is 1.45 bits per heavy atom. The fraction of sp³-hybridized carbons (Fsp3) is 0.533. The summed E-state index contributed by atoms with van der Waals surface area (Å²) in [6, 6.07) is 7.42. The van der Waals surface area contributed by atoms with Crippen molar-refractivity contribution in [3.8, 4) is 5.75 Å². The summed E-state index contributed by atoms with van der Waals surface area (Å²) in [4.78, 5) is 12.0. The second-order valence-corrected chi connectivity index (χ2v) is 5.92. The van der Waals surface area contributed by atoms with Crippen molar-refractivity contribution in [1.29, 1.82) is 0 Å². The summed E-state index contributed by atoms with van der Waals surface area (Å²) < 4.78 is 6.52. The molecule has 0 spiro atoms. The number of hydrogen-bond donors (Lipinski definition) is 2. The van der Waals surface area contributed by atoms with Gasteiger partial charge in [0.2, 0.25) is 0 Å². The number of ether oxygens (including phenoxy) is 1. The molecule has 0 radical (unpaired) electrons. The zero-order valence-electron chi connectivity index (χ0n) is 12.3. The Bertz CT molecular complexity index is 447. The van der Waals surface area contributed by atoms with Crippen molar-refractivity contribution in [2.24, 2.45) is 5.73 Å². The highest BCUT2D eigenvalue weighted by Crippen LogP contribution is 2.19. The van der Waals surface area contributed by atoms with Gasteiger partial charge in [-0.1, -0.05) is 35.8 Å². The zero-order chi connectivity index (χ0) is 15.2. The van der Waals surface area contributed by atoms with Gasteiger partial charge in [0.15, 0.2) is 6.10 Å². The second kappa shape index (κ2) is 7.64. The van der Waals surface area contributed by atoms with Gasteiger partial charge in [0.25, 0.3) is 5.91 Å². The topological polar surface area (TPSA) is 64.3 Å². The number of nitrogens with one attached hydrogen (secondary N) is 1. The van der Waals surface area contributed by atoms with Crippen molar-refractivity contribution in [3.05, 3.63) is 28.7 Å². The minimum atomic E-state index is -0.553. The lowest BCUT2D eigenvalue weighted by Gasteiger charge is -2.27. The first-order chi connectivity index (χ1) is 9.40. The summed E-state index contributed by atoms with van der Waals surface area (Å²) in [7, 11) is 0. The molecule has 112 valence electrons. The zero-order valence-corrected chi connectivity index (χ0v) is 13.9. The lowest BCUT2D eigenvalue weighted by Crippen LogP contribution is -2.51. The van der Waals surface area contributed by atoms with Gasteiger partial charge in [-0.25, -0.2) is 0 Å². The van der Waals surface area contributed by atoms with Crippen molar-refractivity contribution >= 4 is 21.8 Å². The van der Waals surface area contributed by atoms with Crippen molar-refractivity contribution < 1.29 is 9.53 Å². The Hall–Kier alpha value is -1.07. The molecule has 1 aromatic carbocycles. The van der Waals surface area contributed by atoms with Gasteiger partial charge in [-0.3, -0.25) is 4.79 Å². The van der Waals surface area contributed by atoms with Crippen LogP contribution in [-0.2, 0) is 4.79 Å². The van der Waals surface area contributed by atoms with Crippen LogP contribution in [0.5, 0.6) is 5.75 Å². The summed E-state index contributed by atoms with van der Waals surface area (Å²) in [5, 5.41) is 2.86. The largest absolute Gasteiger partial charge is 0.481 e. The van der Waals surface area contributed by atoms with E-state index in [-0.39, 0.29) is 11.4 Å². The highest BCUT2D eigenvalue weighted by molar-refractivity contribution is 9.10. The molecule has 4 nitrogen and oxygen atoms in total. The molecule has 0 aromatic heterocycles. The van der Waals surface area contributed by atoms with Gasteiger partial charge in [0.1, 0.15) is 5.75 Å². The fourth-order valence-corrected chi connectivity index (χ4v) is 2.08. The van der Waals surface area contributed by atoms with E-state index in [0.717, 1.165) is 17.3 Å². The van der Waals surface area contributed by atoms with E-state index in [1.54, 1.807) is 6.92 Å². The first-order valence-corrected chi connectivity index (χ1v) is 7.68. The fourth-order valence-electron chi connectivity index (χ4n) is 1.70. The van der Waals surface area contributed by atoms with Crippen LogP contribution in [0.3, 0.4) is 0 Å². The van der Waals surface area contributed by atoms with Gasteiger partial charge in [-0.15, -0.1) is 0 Å². The summed E-state index contributed by atoms with van der Waals surface area (Å²) in [6.45, 7) is 6.24. The van der Waals surface area contributed by atoms with Crippen LogP contribution >= 0.6 is 15.9 Å². The van der Waals surface area contributed by atoms with E-state index < -0.39 is 6.10 Å². The van der Waals surface area contributed by atoms with Crippen molar-refractivity contribution in [2.45, 2.75) is 45.3 Å². The normalized spacial score (nSPS) is 12.8. The van der Waals surface area contributed by atoms with Crippen LogP contribution in [0.25, 0.3) is 0 Å². The molecule has 1 unspecified atom stereocenters. The first-order valence-electron chi connectivity index (χ1n) is 6.89. The number of hydrogen-bond acceptors (Lipinski definition) is 3. The lowest BCUT2D eigenvalue weighted by molar-refractivity contribution is -0.127. The van der Waals surface area contributed by atoms with Crippen LogP contribution in [-0.4, -0.2) is 24.1 Å². The average molecular weight is 343 g/mol. The molecule has 20 heavy (non-hydrogen) atoms. The molecule has 1 rings (SSSR count). The second-order valence-electron chi connectivity index (χ2n) is 5.00. The van der Waals surface area contributed by atoms with Crippen molar-refractivity contribution in [2.75, 3.05) is 6.54 Å². The number of nitrogens with two attached hydrogens (primary N) is 1. The quantitative estimate of drug-likeness (QED) is 0.800. The maximum Gasteiger partial charge on any atom is 0.260 e. The van der Waals surface area contributed by atoms with E-state index in [9.17, 15) is 4.79 Å². The number of carbonyl (C=O) groups is 1. The number of benzene rings is 1. The van der Waals surface area contributed by atoms with Gasteiger partial charge in [0.05, 0.1) is 0 Å². The molecule has 0 aliphatic rings. The summed E-state index contributed by atoms with van der Waals surface area (Å²) in [5.41, 5.74) is 5.81. The third-order valence-corrected chi connectivity index (χ3v) is 3.99. The molecule has 0 bridgehead atoms. The standard InChI is InChI=1S/C15H23BrN2O2/c1-4-15(17,5-2)10-18-14(19)11(3)20-13-8-6-7-12(16)9-13/h6-9,11H,4-5,10,17H2,1-3H3,(H,18,19). The third-order valence-electron chi connectivity index (χ3n) is 3.50. The third kappa shape index (κ3) is 5.13. The van der Waals surface area contributed by atoms with Gasteiger partial charge >= 0.3 is 0 Å².